The van der Waals surface area contributed by atoms with Crippen molar-refractivity contribution in [3.05, 3.63) is 59.5 Å². The maximum Gasteiger partial charge on any atom is 0.254 e. The molecule has 1 aromatic heterocycles. The zero-order valence-corrected chi connectivity index (χ0v) is 12.1. The number of pyridine rings is 1. The zero-order chi connectivity index (χ0) is 15.2. The third-order valence-electron chi connectivity index (χ3n) is 3.03. The lowest BCUT2D eigenvalue weighted by atomic mass is 10.1. The van der Waals surface area contributed by atoms with E-state index in [0.717, 1.165) is 5.56 Å². The summed E-state index contributed by atoms with van der Waals surface area (Å²) in [4.78, 5) is 17.4. The van der Waals surface area contributed by atoms with E-state index in [9.17, 15) is 9.18 Å². The maximum absolute atomic E-state index is 13.0. The van der Waals surface area contributed by atoms with Gasteiger partial charge < -0.3 is 10.2 Å². The van der Waals surface area contributed by atoms with Gasteiger partial charge >= 0.3 is 0 Å². The molecule has 1 N–H and O–H groups in total. The number of anilines is 1. The van der Waals surface area contributed by atoms with Gasteiger partial charge in [0, 0.05) is 26.8 Å². The Bertz CT molecular complexity index is 611. The van der Waals surface area contributed by atoms with Crippen LogP contribution in [-0.4, -0.2) is 36.4 Å². The van der Waals surface area contributed by atoms with E-state index in [4.69, 9.17) is 0 Å². The summed E-state index contributed by atoms with van der Waals surface area (Å²) in [7, 11) is 3.40. The number of benzene rings is 1. The molecule has 0 atom stereocenters. The van der Waals surface area contributed by atoms with Gasteiger partial charge in [0.25, 0.3) is 5.91 Å². The topological polar surface area (TPSA) is 45.2 Å². The molecule has 0 unspecified atom stereocenters. The van der Waals surface area contributed by atoms with E-state index in [1.165, 1.54) is 17.0 Å². The maximum atomic E-state index is 13.0. The van der Waals surface area contributed by atoms with E-state index in [0.29, 0.717) is 24.3 Å². The first-order valence-electron chi connectivity index (χ1n) is 6.72. The number of rotatable bonds is 5. The van der Waals surface area contributed by atoms with Crippen molar-refractivity contribution in [3.8, 4) is 0 Å². The Hall–Kier alpha value is -2.43. The van der Waals surface area contributed by atoms with Gasteiger partial charge in [-0.05, 0) is 36.2 Å². The van der Waals surface area contributed by atoms with Crippen molar-refractivity contribution < 1.29 is 9.18 Å². The van der Waals surface area contributed by atoms with Gasteiger partial charge in [0.05, 0.1) is 5.56 Å². The van der Waals surface area contributed by atoms with Gasteiger partial charge in [-0.25, -0.2) is 9.37 Å². The minimum Gasteiger partial charge on any atom is -0.370 e. The van der Waals surface area contributed by atoms with Crippen molar-refractivity contribution in [2.24, 2.45) is 0 Å². The minimum atomic E-state index is -0.225. The molecule has 0 saturated carbocycles. The molecule has 2 rings (SSSR count). The Morgan fingerprint density at radius 1 is 1.29 bits per heavy atom. The third-order valence-corrected chi connectivity index (χ3v) is 3.03. The van der Waals surface area contributed by atoms with E-state index < -0.39 is 0 Å². The first-order chi connectivity index (χ1) is 10.1. The lowest BCUT2D eigenvalue weighted by Gasteiger charge is -2.10. The SMILES string of the molecule is CN(C)C(=O)c1ccc(NCCc2cccc(F)c2)nc1. The number of nitrogens with one attached hydrogen (secondary N) is 1. The molecule has 0 spiro atoms. The van der Waals surface area contributed by atoms with Crippen LogP contribution in [0.5, 0.6) is 0 Å². The van der Waals surface area contributed by atoms with Crippen LogP contribution in [0.3, 0.4) is 0 Å². The molecule has 4 nitrogen and oxygen atoms in total. The molecule has 0 aliphatic rings. The molecule has 1 amide bonds. The molecule has 21 heavy (non-hydrogen) atoms. The number of hydrogen-bond donors (Lipinski definition) is 1. The lowest BCUT2D eigenvalue weighted by Crippen LogP contribution is -2.21. The smallest absolute Gasteiger partial charge is 0.254 e. The first-order valence-corrected chi connectivity index (χ1v) is 6.72. The summed E-state index contributed by atoms with van der Waals surface area (Å²) in [5.74, 6) is 0.396. The highest BCUT2D eigenvalue weighted by atomic mass is 19.1. The summed E-state index contributed by atoms with van der Waals surface area (Å²) in [5.41, 5.74) is 1.48. The predicted octanol–water partition coefficient (Wildman–Crippen LogP) is 2.58. The molecule has 0 aliphatic carbocycles. The molecule has 5 heteroatoms. The van der Waals surface area contributed by atoms with E-state index in [2.05, 4.69) is 10.3 Å². The van der Waals surface area contributed by atoms with Gasteiger partial charge in [0.1, 0.15) is 11.6 Å². The highest BCUT2D eigenvalue weighted by Gasteiger charge is 2.07. The number of carbonyl (C=O) groups is 1. The number of carbonyl (C=O) groups excluding carboxylic acids is 1. The molecule has 0 aliphatic heterocycles. The van der Waals surface area contributed by atoms with Gasteiger partial charge in [-0.3, -0.25) is 4.79 Å². The fraction of sp³-hybridized carbons (Fsp3) is 0.250. The number of amides is 1. The van der Waals surface area contributed by atoms with Gasteiger partial charge in [0.2, 0.25) is 0 Å². The summed E-state index contributed by atoms with van der Waals surface area (Å²) < 4.78 is 13.0. The van der Waals surface area contributed by atoms with Crippen LogP contribution in [0.1, 0.15) is 15.9 Å². The zero-order valence-electron chi connectivity index (χ0n) is 12.1. The quantitative estimate of drug-likeness (QED) is 0.919. The van der Waals surface area contributed by atoms with Gasteiger partial charge in [-0.2, -0.15) is 0 Å². The lowest BCUT2D eigenvalue weighted by molar-refractivity contribution is 0.0827. The average Bonchev–Trinajstić information content (AvgIpc) is 2.47. The van der Waals surface area contributed by atoms with Gasteiger partial charge in [-0.1, -0.05) is 12.1 Å². The van der Waals surface area contributed by atoms with Crippen LogP contribution in [0.15, 0.2) is 42.6 Å². The van der Waals surface area contributed by atoms with Crippen molar-refractivity contribution in [1.29, 1.82) is 0 Å². The second kappa shape index (κ2) is 6.83. The van der Waals surface area contributed by atoms with Crippen molar-refractivity contribution in [2.45, 2.75) is 6.42 Å². The number of aromatic nitrogens is 1. The molecule has 2 aromatic rings. The van der Waals surface area contributed by atoms with Crippen molar-refractivity contribution in [2.75, 3.05) is 26.0 Å². The summed E-state index contributed by atoms with van der Waals surface area (Å²) in [6.07, 6.45) is 2.25. The standard InChI is InChI=1S/C16H18FN3O/c1-20(2)16(21)13-6-7-15(19-11-13)18-9-8-12-4-3-5-14(17)10-12/h3-7,10-11H,8-9H2,1-2H3,(H,18,19). The van der Waals surface area contributed by atoms with E-state index in [1.54, 1.807) is 38.5 Å². The Kier molecular flexibility index (Phi) is 4.87. The highest BCUT2D eigenvalue weighted by molar-refractivity contribution is 5.93. The molecule has 0 saturated heterocycles. The van der Waals surface area contributed by atoms with Crippen LogP contribution in [0.4, 0.5) is 10.2 Å². The first kappa shape index (κ1) is 15.0. The second-order valence-corrected chi connectivity index (χ2v) is 4.94. The highest BCUT2D eigenvalue weighted by Crippen LogP contribution is 2.08. The summed E-state index contributed by atoms with van der Waals surface area (Å²) >= 11 is 0. The molecule has 0 bridgehead atoms. The normalized spacial score (nSPS) is 10.2. The van der Waals surface area contributed by atoms with Crippen molar-refractivity contribution >= 4 is 11.7 Å². The largest absolute Gasteiger partial charge is 0.370 e. The average molecular weight is 287 g/mol. The van der Waals surface area contributed by atoms with Crippen molar-refractivity contribution in [1.82, 2.24) is 9.88 Å². The molecule has 0 radical (unpaired) electrons. The van der Waals surface area contributed by atoms with Crippen LogP contribution in [-0.2, 0) is 6.42 Å². The summed E-state index contributed by atoms with van der Waals surface area (Å²) in [6.45, 7) is 0.650. The Labute approximate surface area is 123 Å². The van der Waals surface area contributed by atoms with Crippen LogP contribution in [0.2, 0.25) is 0 Å². The number of halogens is 1. The van der Waals surface area contributed by atoms with E-state index in [1.807, 2.05) is 6.07 Å². The van der Waals surface area contributed by atoms with E-state index >= 15 is 0 Å². The summed E-state index contributed by atoms with van der Waals surface area (Å²) in [6, 6.07) is 10.0. The Morgan fingerprint density at radius 2 is 2.10 bits per heavy atom. The number of hydrogen-bond acceptors (Lipinski definition) is 3. The van der Waals surface area contributed by atoms with Gasteiger partial charge in [-0.15, -0.1) is 0 Å². The monoisotopic (exact) mass is 287 g/mol. The van der Waals surface area contributed by atoms with Crippen molar-refractivity contribution in [3.63, 3.8) is 0 Å². The van der Waals surface area contributed by atoms with Crippen LogP contribution >= 0.6 is 0 Å². The van der Waals surface area contributed by atoms with Crippen LogP contribution in [0.25, 0.3) is 0 Å². The molecular weight excluding hydrogens is 269 g/mol. The number of nitrogens with zero attached hydrogens (tertiary/aromatic N) is 2. The fourth-order valence-electron chi connectivity index (χ4n) is 1.91. The second-order valence-electron chi connectivity index (χ2n) is 4.94. The fourth-order valence-corrected chi connectivity index (χ4v) is 1.91. The van der Waals surface area contributed by atoms with Gasteiger partial charge in [0.15, 0.2) is 0 Å². The molecule has 1 aromatic carbocycles. The van der Waals surface area contributed by atoms with E-state index in [-0.39, 0.29) is 11.7 Å². The predicted molar refractivity (Wildman–Crippen MR) is 80.8 cm³/mol. The summed E-state index contributed by atoms with van der Waals surface area (Å²) in [5, 5.41) is 3.15. The molecular formula is C16H18FN3O. The Morgan fingerprint density at radius 3 is 2.71 bits per heavy atom. The Balaban J connectivity index is 1.88. The third kappa shape index (κ3) is 4.27. The molecule has 0 fully saturated rings. The van der Waals surface area contributed by atoms with Crippen LogP contribution < -0.4 is 5.32 Å². The molecule has 1 heterocycles. The van der Waals surface area contributed by atoms with Crippen LogP contribution in [0, 0.1) is 5.82 Å². The molecule has 110 valence electrons. The minimum absolute atomic E-state index is 0.0752.